The van der Waals surface area contributed by atoms with Crippen molar-refractivity contribution in [3.8, 4) is 0 Å². The molecular formula is C16H27BrN2O. The quantitative estimate of drug-likeness (QED) is 0.899. The van der Waals surface area contributed by atoms with E-state index in [4.69, 9.17) is 0 Å². The summed E-state index contributed by atoms with van der Waals surface area (Å²) < 4.78 is 3.15. The molecule has 1 aromatic rings. The van der Waals surface area contributed by atoms with E-state index in [-0.39, 0.29) is 0 Å². The van der Waals surface area contributed by atoms with Gasteiger partial charge in [-0.1, -0.05) is 20.8 Å². The molecule has 3 nitrogen and oxygen atoms in total. The smallest absolute Gasteiger partial charge is 0.0766 e. The summed E-state index contributed by atoms with van der Waals surface area (Å²) in [5, 5.41) is 15.7. The molecule has 0 amide bonds. The summed E-state index contributed by atoms with van der Waals surface area (Å²) in [5.74, 6) is 1.08. The van der Waals surface area contributed by atoms with Gasteiger partial charge in [0.05, 0.1) is 21.5 Å². The first kappa shape index (κ1) is 16.0. The molecule has 1 aliphatic carbocycles. The lowest BCUT2D eigenvalue weighted by molar-refractivity contribution is -0.0536. The number of halogens is 1. The second-order valence-corrected chi connectivity index (χ2v) is 7.23. The molecule has 3 atom stereocenters. The number of rotatable bonds is 4. The van der Waals surface area contributed by atoms with Gasteiger partial charge in [-0.3, -0.25) is 4.68 Å². The summed E-state index contributed by atoms with van der Waals surface area (Å²) in [6, 6.07) is 0. The predicted molar refractivity (Wildman–Crippen MR) is 85.8 cm³/mol. The topological polar surface area (TPSA) is 38.0 Å². The monoisotopic (exact) mass is 342 g/mol. The third-order valence-electron chi connectivity index (χ3n) is 4.91. The molecule has 0 spiro atoms. The molecule has 0 aliphatic heterocycles. The Balaban J connectivity index is 2.27. The van der Waals surface area contributed by atoms with Crippen LogP contribution in [0.5, 0.6) is 0 Å². The van der Waals surface area contributed by atoms with Crippen molar-refractivity contribution in [2.24, 2.45) is 11.8 Å². The Labute approximate surface area is 130 Å². The van der Waals surface area contributed by atoms with Crippen molar-refractivity contribution in [1.82, 2.24) is 9.78 Å². The van der Waals surface area contributed by atoms with Gasteiger partial charge < -0.3 is 5.11 Å². The zero-order chi connectivity index (χ0) is 14.9. The molecule has 1 aliphatic rings. The highest BCUT2D eigenvalue weighted by Gasteiger charge is 2.39. The van der Waals surface area contributed by atoms with E-state index in [2.05, 4.69) is 48.7 Å². The van der Waals surface area contributed by atoms with Crippen molar-refractivity contribution < 1.29 is 5.11 Å². The van der Waals surface area contributed by atoms with Gasteiger partial charge in [0.15, 0.2) is 0 Å². The Kier molecular flexibility index (Phi) is 4.96. The molecular weight excluding hydrogens is 316 g/mol. The third kappa shape index (κ3) is 2.96. The Bertz CT molecular complexity index is 471. The van der Waals surface area contributed by atoms with E-state index in [0.29, 0.717) is 12.3 Å². The number of hydrogen-bond acceptors (Lipinski definition) is 2. The first-order valence-corrected chi connectivity index (χ1v) is 8.67. The van der Waals surface area contributed by atoms with E-state index in [9.17, 15) is 5.11 Å². The minimum absolute atomic E-state index is 0.350. The molecule has 114 valence electrons. The van der Waals surface area contributed by atoms with Gasteiger partial charge in [-0.25, -0.2) is 0 Å². The molecule has 2 rings (SSSR count). The van der Waals surface area contributed by atoms with Crippen molar-refractivity contribution in [2.45, 2.75) is 71.9 Å². The zero-order valence-electron chi connectivity index (χ0n) is 13.1. The number of aliphatic hydroxyl groups is 1. The van der Waals surface area contributed by atoms with Gasteiger partial charge in [0.2, 0.25) is 0 Å². The van der Waals surface area contributed by atoms with Crippen molar-refractivity contribution >= 4 is 15.9 Å². The van der Waals surface area contributed by atoms with E-state index in [1.807, 2.05) is 4.68 Å². The summed E-state index contributed by atoms with van der Waals surface area (Å²) in [4.78, 5) is 0. The molecule has 0 bridgehead atoms. The SMILES string of the molecule is CCc1nn(CC)c(CC2(O)CCC(C)CC2C)c1Br. The van der Waals surface area contributed by atoms with Crippen LogP contribution in [0.2, 0.25) is 0 Å². The van der Waals surface area contributed by atoms with Gasteiger partial charge in [-0.15, -0.1) is 0 Å². The maximum Gasteiger partial charge on any atom is 0.0766 e. The fourth-order valence-electron chi connectivity index (χ4n) is 3.42. The summed E-state index contributed by atoms with van der Waals surface area (Å²) >= 11 is 3.69. The van der Waals surface area contributed by atoms with E-state index in [0.717, 1.165) is 54.0 Å². The average Bonchev–Trinajstić information content (AvgIpc) is 2.71. The maximum absolute atomic E-state index is 11.1. The van der Waals surface area contributed by atoms with Gasteiger partial charge in [-0.05, 0) is 60.4 Å². The number of hydrogen-bond donors (Lipinski definition) is 1. The Morgan fingerprint density at radius 1 is 1.40 bits per heavy atom. The summed E-state index contributed by atoms with van der Waals surface area (Å²) in [7, 11) is 0. The van der Waals surface area contributed by atoms with Crippen molar-refractivity contribution in [2.75, 3.05) is 0 Å². The second-order valence-electron chi connectivity index (χ2n) is 6.44. The molecule has 3 unspecified atom stereocenters. The fraction of sp³-hybridized carbons (Fsp3) is 0.812. The van der Waals surface area contributed by atoms with Crippen LogP contribution >= 0.6 is 15.9 Å². The highest BCUT2D eigenvalue weighted by Crippen LogP contribution is 2.40. The Hall–Kier alpha value is -0.350. The fourth-order valence-corrected chi connectivity index (χ4v) is 4.13. The largest absolute Gasteiger partial charge is 0.389 e. The van der Waals surface area contributed by atoms with Gasteiger partial charge in [-0.2, -0.15) is 5.10 Å². The predicted octanol–water partition coefficient (Wildman–Crippen LogP) is 3.96. The summed E-state index contributed by atoms with van der Waals surface area (Å²) in [5.41, 5.74) is 1.68. The van der Waals surface area contributed by atoms with Crippen molar-refractivity contribution in [3.05, 3.63) is 15.9 Å². The number of aromatic nitrogens is 2. The average molecular weight is 343 g/mol. The van der Waals surface area contributed by atoms with E-state index in [1.165, 1.54) is 0 Å². The van der Waals surface area contributed by atoms with Crippen LogP contribution in [0.25, 0.3) is 0 Å². The lowest BCUT2D eigenvalue weighted by atomic mass is 9.70. The highest BCUT2D eigenvalue weighted by molar-refractivity contribution is 9.10. The standard InChI is InChI=1S/C16H27BrN2O/c1-5-13-15(17)14(19(6-2)18-13)10-16(20)8-7-11(3)9-12(16)4/h11-12,20H,5-10H2,1-4H3. The molecule has 1 N–H and O–H groups in total. The Morgan fingerprint density at radius 3 is 2.65 bits per heavy atom. The molecule has 20 heavy (non-hydrogen) atoms. The highest BCUT2D eigenvalue weighted by atomic mass is 79.9. The van der Waals surface area contributed by atoms with Crippen molar-refractivity contribution in [3.63, 3.8) is 0 Å². The molecule has 0 radical (unpaired) electrons. The van der Waals surface area contributed by atoms with Crippen LogP contribution in [0, 0.1) is 11.8 Å². The van der Waals surface area contributed by atoms with Crippen LogP contribution in [-0.2, 0) is 19.4 Å². The van der Waals surface area contributed by atoms with Crippen LogP contribution in [0.15, 0.2) is 4.47 Å². The first-order valence-electron chi connectivity index (χ1n) is 7.87. The number of nitrogens with zero attached hydrogens (tertiary/aromatic N) is 2. The maximum atomic E-state index is 11.1. The van der Waals surface area contributed by atoms with Crippen LogP contribution in [-0.4, -0.2) is 20.5 Å². The van der Waals surface area contributed by atoms with Gasteiger partial charge in [0.1, 0.15) is 0 Å². The first-order chi connectivity index (χ1) is 9.41. The van der Waals surface area contributed by atoms with Crippen molar-refractivity contribution in [1.29, 1.82) is 0 Å². The molecule has 4 heteroatoms. The van der Waals surface area contributed by atoms with Crippen LogP contribution in [0.1, 0.15) is 58.3 Å². The zero-order valence-corrected chi connectivity index (χ0v) is 14.7. The van der Waals surface area contributed by atoms with Gasteiger partial charge >= 0.3 is 0 Å². The van der Waals surface area contributed by atoms with Crippen LogP contribution in [0.3, 0.4) is 0 Å². The Morgan fingerprint density at radius 2 is 2.10 bits per heavy atom. The molecule has 1 heterocycles. The van der Waals surface area contributed by atoms with Gasteiger partial charge in [0.25, 0.3) is 0 Å². The molecule has 1 aromatic heterocycles. The lowest BCUT2D eigenvalue weighted by Crippen LogP contribution is -2.43. The summed E-state index contributed by atoms with van der Waals surface area (Å²) in [6.45, 7) is 9.57. The minimum Gasteiger partial charge on any atom is -0.389 e. The minimum atomic E-state index is -0.576. The molecule has 0 aromatic carbocycles. The molecule has 0 saturated heterocycles. The number of aryl methyl sites for hydroxylation is 2. The molecule has 1 saturated carbocycles. The van der Waals surface area contributed by atoms with Crippen LogP contribution in [0.4, 0.5) is 0 Å². The van der Waals surface area contributed by atoms with Gasteiger partial charge in [0, 0.05) is 13.0 Å². The van der Waals surface area contributed by atoms with E-state index in [1.54, 1.807) is 0 Å². The molecule has 1 fully saturated rings. The summed E-state index contributed by atoms with van der Waals surface area (Å²) in [6.07, 6.45) is 4.78. The second kappa shape index (κ2) is 6.18. The third-order valence-corrected chi connectivity index (χ3v) is 5.83. The normalized spacial score (nSPS) is 30.7. The van der Waals surface area contributed by atoms with E-state index < -0.39 is 5.60 Å². The van der Waals surface area contributed by atoms with Crippen LogP contribution < -0.4 is 0 Å². The lowest BCUT2D eigenvalue weighted by Gasteiger charge is -2.41. The van der Waals surface area contributed by atoms with E-state index >= 15 is 0 Å².